The van der Waals surface area contributed by atoms with E-state index >= 15 is 0 Å². The molecule has 1 aliphatic rings. The Morgan fingerprint density at radius 1 is 1.31 bits per heavy atom. The maximum absolute atomic E-state index is 4.74. The number of pyridine rings is 1. The van der Waals surface area contributed by atoms with Crippen molar-refractivity contribution in [2.75, 3.05) is 24.2 Å². The van der Waals surface area contributed by atoms with Crippen LogP contribution in [-0.4, -0.2) is 54.0 Å². The molecule has 3 aromatic rings. The minimum absolute atomic E-state index is 0.653. The van der Waals surface area contributed by atoms with Crippen LogP contribution in [0.2, 0.25) is 0 Å². The van der Waals surface area contributed by atoms with Crippen molar-refractivity contribution in [3.8, 4) is 11.5 Å². The van der Waals surface area contributed by atoms with Crippen LogP contribution < -0.4 is 10.6 Å². The Labute approximate surface area is 155 Å². The molecule has 0 amide bonds. The molecule has 0 saturated carbocycles. The number of anilines is 1. The summed E-state index contributed by atoms with van der Waals surface area (Å²) in [6.45, 7) is 2.45. The molecule has 0 aliphatic carbocycles. The summed E-state index contributed by atoms with van der Waals surface area (Å²) in [7, 11) is 1.84. The second kappa shape index (κ2) is 7.75. The molecule has 0 bridgehead atoms. The number of tetrazole rings is 1. The van der Waals surface area contributed by atoms with E-state index in [9.17, 15) is 0 Å². The number of fused-ring (bicyclic) bond motifs is 1. The first-order valence-corrected chi connectivity index (χ1v) is 9.41. The van der Waals surface area contributed by atoms with Crippen molar-refractivity contribution in [3.05, 3.63) is 35.7 Å². The number of aromatic nitrogens is 7. The Morgan fingerprint density at radius 3 is 3.08 bits per heavy atom. The van der Waals surface area contributed by atoms with Crippen LogP contribution in [-0.2, 0) is 20.0 Å². The number of nitrogens with one attached hydrogen (secondary N) is 2. The van der Waals surface area contributed by atoms with Crippen molar-refractivity contribution in [2.45, 2.75) is 18.1 Å². The highest BCUT2D eigenvalue weighted by atomic mass is 32.2. The van der Waals surface area contributed by atoms with Crippen LogP contribution in [0, 0.1) is 0 Å². The lowest BCUT2D eigenvalue weighted by atomic mass is 10.1. The van der Waals surface area contributed by atoms with Crippen LogP contribution in [0.15, 0.2) is 29.6 Å². The lowest BCUT2D eigenvalue weighted by Gasteiger charge is -2.20. The molecule has 4 rings (SSSR count). The van der Waals surface area contributed by atoms with Crippen LogP contribution in [0.3, 0.4) is 0 Å². The summed E-state index contributed by atoms with van der Waals surface area (Å²) in [6, 6.07) is 5.77. The Morgan fingerprint density at radius 2 is 2.27 bits per heavy atom. The smallest absolute Gasteiger partial charge is 0.209 e. The molecular weight excluding hydrogens is 350 g/mol. The monoisotopic (exact) mass is 369 g/mol. The summed E-state index contributed by atoms with van der Waals surface area (Å²) in [5.41, 5.74) is 3.01. The lowest BCUT2D eigenvalue weighted by molar-refractivity contribution is 0.625. The van der Waals surface area contributed by atoms with Gasteiger partial charge in [0.1, 0.15) is 11.5 Å². The Balaban J connectivity index is 1.51. The van der Waals surface area contributed by atoms with Crippen LogP contribution >= 0.6 is 11.8 Å². The second-order valence-corrected chi connectivity index (χ2v) is 6.89. The summed E-state index contributed by atoms with van der Waals surface area (Å²) in [4.78, 5) is 13.8. The minimum Gasteiger partial charge on any atom is -0.369 e. The average Bonchev–Trinajstić information content (AvgIpc) is 3.10. The van der Waals surface area contributed by atoms with Gasteiger partial charge in [-0.2, -0.15) is 0 Å². The molecule has 0 unspecified atom stereocenters. The fourth-order valence-corrected chi connectivity index (χ4v) is 3.47. The van der Waals surface area contributed by atoms with E-state index in [0.29, 0.717) is 5.82 Å². The molecule has 26 heavy (non-hydrogen) atoms. The van der Waals surface area contributed by atoms with Crippen molar-refractivity contribution in [1.82, 2.24) is 40.5 Å². The summed E-state index contributed by atoms with van der Waals surface area (Å²) in [5, 5.41) is 19.1. The molecule has 10 heteroatoms. The van der Waals surface area contributed by atoms with Gasteiger partial charge >= 0.3 is 0 Å². The molecule has 1 aliphatic heterocycles. The van der Waals surface area contributed by atoms with E-state index in [-0.39, 0.29) is 0 Å². The van der Waals surface area contributed by atoms with Crippen LogP contribution in [0.4, 0.5) is 5.82 Å². The van der Waals surface area contributed by atoms with Gasteiger partial charge in [0.25, 0.3) is 0 Å². The zero-order valence-corrected chi connectivity index (χ0v) is 15.2. The summed E-state index contributed by atoms with van der Waals surface area (Å²) >= 11 is 1.61. The van der Waals surface area contributed by atoms with Crippen LogP contribution in [0.25, 0.3) is 11.5 Å². The molecule has 0 radical (unpaired) electrons. The number of nitrogens with zero attached hydrogens (tertiary/aromatic N) is 7. The van der Waals surface area contributed by atoms with Gasteiger partial charge < -0.3 is 10.6 Å². The first-order valence-electron chi connectivity index (χ1n) is 8.42. The first-order chi connectivity index (χ1) is 12.8. The zero-order valence-electron chi connectivity index (χ0n) is 14.4. The fraction of sp³-hybridized carbons (Fsp3) is 0.375. The quantitative estimate of drug-likeness (QED) is 0.484. The van der Waals surface area contributed by atoms with Gasteiger partial charge in [0, 0.05) is 37.7 Å². The SMILES string of the molecule is Cn1nnnc1SCCNc1nc(-c2ccccn2)nc2c1CCNC2. The van der Waals surface area contributed by atoms with Crippen LogP contribution in [0.5, 0.6) is 0 Å². The molecule has 9 nitrogen and oxygen atoms in total. The molecule has 0 aromatic carbocycles. The Bertz CT molecular complexity index is 881. The van der Waals surface area contributed by atoms with Gasteiger partial charge in [0.05, 0.1) is 5.69 Å². The molecule has 4 heterocycles. The van der Waals surface area contributed by atoms with E-state index in [1.807, 2.05) is 25.2 Å². The molecule has 134 valence electrons. The molecule has 0 spiro atoms. The van der Waals surface area contributed by atoms with Gasteiger partial charge in [-0.15, -0.1) is 5.10 Å². The van der Waals surface area contributed by atoms with Crippen molar-refractivity contribution in [3.63, 3.8) is 0 Å². The van der Waals surface area contributed by atoms with E-state index in [4.69, 9.17) is 9.97 Å². The third-order valence-corrected chi connectivity index (χ3v) is 5.05. The Kier molecular flexibility index (Phi) is 5.02. The number of aryl methyl sites for hydroxylation is 1. The third-order valence-electron chi connectivity index (χ3n) is 4.04. The maximum Gasteiger partial charge on any atom is 0.209 e. The molecule has 3 aromatic heterocycles. The van der Waals surface area contributed by atoms with Gasteiger partial charge in [-0.3, -0.25) is 4.98 Å². The number of rotatable bonds is 6. The maximum atomic E-state index is 4.74. The van der Waals surface area contributed by atoms with Crippen molar-refractivity contribution in [1.29, 1.82) is 0 Å². The van der Waals surface area contributed by atoms with Gasteiger partial charge in [0.15, 0.2) is 5.82 Å². The van der Waals surface area contributed by atoms with Crippen molar-refractivity contribution < 1.29 is 0 Å². The summed E-state index contributed by atoms with van der Waals surface area (Å²) < 4.78 is 1.67. The molecular formula is C16H19N9S. The largest absolute Gasteiger partial charge is 0.369 e. The normalized spacial score (nSPS) is 13.4. The second-order valence-electron chi connectivity index (χ2n) is 5.82. The zero-order chi connectivity index (χ0) is 17.8. The molecule has 0 saturated heterocycles. The summed E-state index contributed by atoms with van der Waals surface area (Å²) in [5.74, 6) is 2.39. The highest BCUT2D eigenvalue weighted by molar-refractivity contribution is 7.99. The van der Waals surface area contributed by atoms with E-state index < -0.39 is 0 Å². The van der Waals surface area contributed by atoms with Crippen LogP contribution in [0.1, 0.15) is 11.3 Å². The molecule has 2 N–H and O–H groups in total. The summed E-state index contributed by atoms with van der Waals surface area (Å²) in [6.07, 6.45) is 2.68. The Hall–Kier alpha value is -2.59. The molecule has 0 atom stereocenters. The predicted octanol–water partition coefficient (Wildman–Crippen LogP) is 0.912. The average molecular weight is 369 g/mol. The lowest BCUT2D eigenvalue weighted by Crippen LogP contribution is -2.27. The van der Waals surface area contributed by atoms with Crippen molar-refractivity contribution in [2.24, 2.45) is 7.05 Å². The first kappa shape index (κ1) is 16.9. The highest BCUT2D eigenvalue weighted by Gasteiger charge is 2.18. The number of hydrogen-bond donors (Lipinski definition) is 2. The van der Waals surface area contributed by atoms with Gasteiger partial charge in [-0.05, 0) is 35.5 Å². The van der Waals surface area contributed by atoms with Gasteiger partial charge in [0.2, 0.25) is 5.16 Å². The van der Waals surface area contributed by atoms with Gasteiger partial charge in [-0.25, -0.2) is 14.6 Å². The highest BCUT2D eigenvalue weighted by Crippen LogP contribution is 2.24. The fourth-order valence-electron chi connectivity index (χ4n) is 2.77. The topological polar surface area (TPSA) is 106 Å². The van der Waals surface area contributed by atoms with Crippen molar-refractivity contribution >= 4 is 17.6 Å². The number of hydrogen-bond acceptors (Lipinski definition) is 9. The van der Waals surface area contributed by atoms with E-state index in [0.717, 1.165) is 54.2 Å². The van der Waals surface area contributed by atoms with E-state index in [1.54, 1.807) is 22.6 Å². The minimum atomic E-state index is 0.653. The standard InChI is InChI=1S/C16H19N9S/c1-25-16(22-23-24-25)26-9-8-19-14-11-5-7-17-10-13(11)20-15(21-14)12-4-2-3-6-18-12/h2-4,6,17H,5,7-10H2,1H3,(H,19,20,21). The van der Waals surface area contributed by atoms with E-state index in [1.165, 1.54) is 5.56 Å². The van der Waals surface area contributed by atoms with Gasteiger partial charge in [-0.1, -0.05) is 17.8 Å². The molecule has 0 fully saturated rings. The number of thioether (sulfide) groups is 1. The predicted molar refractivity (Wildman–Crippen MR) is 98.7 cm³/mol. The third kappa shape index (κ3) is 3.65. The van der Waals surface area contributed by atoms with E-state index in [2.05, 4.69) is 31.1 Å².